The fourth-order valence-electron chi connectivity index (χ4n) is 1.97. The van der Waals surface area contributed by atoms with Gasteiger partial charge in [0.05, 0.1) is 0 Å². The largest absolute Gasteiger partial charge is 0.367 e. The predicted molar refractivity (Wildman–Crippen MR) is 56.2 cm³/mol. The molecule has 0 aromatic carbocycles. The quantitative estimate of drug-likeness (QED) is 0.760. The summed E-state index contributed by atoms with van der Waals surface area (Å²) in [6.07, 6.45) is 8.60. The lowest BCUT2D eigenvalue weighted by Gasteiger charge is -2.10. The van der Waals surface area contributed by atoms with Crippen molar-refractivity contribution in [1.29, 1.82) is 0 Å². The molecule has 1 saturated carbocycles. The molecule has 0 aliphatic heterocycles. The van der Waals surface area contributed by atoms with E-state index in [1.165, 1.54) is 25.7 Å². The summed E-state index contributed by atoms with van der Waals surface area (Å²) in [5.74, 6) is 0. The highest BCUT2D eigenvalue weighted by Crippen LogP contribution is 2.17. The second-order valence-electron chi connectivity index (χ2n) is 3.90. The van der Waals surface area contributed by atoms with Gasteiger partial charge in [0.1, 0.15) is 0 Å². The summed E-state index contributed by atoms with van der Waals surface area (Å²) < 4.78 is 0. The Kier molecular flexibility index (Phi) is 2.99. The minimum Gasteiger partial charge on any atom is -0.367 e. The van der Waals surface area contributed by atoms with E-state index in [1.807, 2.05) is 0 Å². The fraction of sp³-hybridized carbons (Fsp3) is 0.545. The number of rotatable bonds is 3. The summed E-state index contributed by atoms with van der Waals surface area (Å²) in [5, 5.41) is 3.42. The second kappa shape index (κ2) is 4.42. The molecule has 0 amide bonds. The smallest absolute Gasteiger partial charge is 0.186 e. The normalized spacial score (nSPS) is 17.4. The van der Waals surface area contributed by atoms with Gasteiger partial charge in [0.25, 0.3) is 0 Å². The first kappa shape index (κ1) is 9.46. The van der Waals surface area contributed by atoms with Crippen LogP contribution in [0.15, 0.2) is 23.3 Å². The zero-order chi connectivity index (χ0) is 9.80. The lowest BCUT2D eigenvalue weighted by molar-refractivity contribution is 0.522. The molecule has 1 aliphatic rings. The Labute approximate surface area is 83.5 Å². The predicted octanol–water partition coefficient (Wildman–Crippen LogP) is 1.41. The molecule has 76 valence electrons. The molecule has 0 saturated heterocycles. The van der Waals surface area contributed by atoms with Gasteiger partial charge in [-0.1, -0.05) is 12.8 Å². The molecule has 0 bridgehead atoms. The Morgan fingerprint density at radius 1 is 1.43 bits per heavy atom. The number of aromatic amines is 1. The number of H-pyrrole nitrogens is 1. The number of hydrogen-bond donors (Lipinski definition) is 2. The maximum atomic E-state index is 11.4. The Morgan fingerprint density at radius 2 is 2.21 bits per heavy atom. The van der Waals surface area contributed by atoms with Crippen molar-refractivity contribution in [2.45, 2.75) is 38.3 Å². The van der Waals surface area contributed by atoms with Gasteiger partial charge in [0.15, 0.2) is 5.43 Å². The van der Waals surface area contributed by atoms with E-state index in [1.54, 1.807) is 18.5 Å². The number of aromatic nitrogens is 1. The highest BCUT2D eigenvalue weighted by molar-refractivity contribution is 5.08. The monoisotopic (exact) mass is 192 g/mol. The van der Waals surface area contributed by atoms with Crippen LogP contribution in [0.3, 0.4) is 0 Å². The van der Waals surface area contributed by atoms with Crippen LogP contribution in [-0.4, -0.2) is 11.0 Å². The maximum Gasteiger partial charge on any atom is 0.186 e. The molecule has 2 N–H and O–H groups in total. The van der Waals surface area contributed by atoms with Gasteiger partial charge in [-0.25, -0.2) is 0 Å². The molecule has 2 rings (SSSR count). The zero-order valence-corrected chi connectivity index (χ0v) is 8.25. The fourth-order valence-corrected chi connectivity index (χ4v) is 1.97. The maximum absolute atomic E-state index is 11.4. The molecule has 0 unspecified atom stereocenters. The van der Waals surface area contributed by atoms with Crippen molar-refractivity contribution < 1.29 is 0 Å². The lowest BCUT2D eigenvalue weighted by Crippen LogP contribution is -2.27. The van der Waals surface area contributed by atoms with Crippen molar-refractivity contribution in [3.8, 4) is 0 Å². The molecule has 1 aromatic heterocycles. The third-order valence-corrected chi connectivity index (χ3v) is 2.84. The Hall–Kier alpha value is -1.09. The van der Waals surface area contributed by atoms with Gasteiger partial charge in [-0.3, -0.25) is 4.79 Å². The van der Waals surface area contributed by atoms with E-state index in [9.17, 15) is 4.79 Å². The topological polar surface area (TPSA) is 44.9 Å². The van der Waals surface area contributed by atoms with Crippen LogP contribution in [0.25, 0.3) is 0 Å². The van der Waals surface area contributed by atoms with Gasteiger partial charge in [0.2, 0.25) is 0 Å². The van der Waals surface area contributed by atoms with Crippen LogP contribution >= 0.6 is 0 Å². The summed E-state index contributed by atoms with van der Waals surface area (Å²) >= 11 is 0. The molecule has 1 aliphatic carbocycles. The van der Waals surface area contributed by atoms with Crippen LogP contribution in [0.5, 0.6) is 0 Å². The summed E-state index contributed by atoms with van der Waals surface area (Å²) in [4.78, 5) is 14.3. The molecule has 1 fully saturated rings. The van der Waals surface area contributed by atoms with Crippen LogP contribution in [0.2, 0.25) is 0 Å². The van der Waals surface area contributed by atoms with E-state index >= 15 is 0 Å². The van der Waals surface area contributed by atoms with Crippen molar-refractivity contribution in [3.63, 3.8) is 0 Å². The molecule has 1 heterocycles. The molecule has 1 aromatic rings. The molecule has 0 atom stereocenters. The average Bonchev–Trinajstić information content (AvgIpc) is 2.69. The van der Waals surface area contributed by atoms with Gasteiger partial charge in [-0.2, -0.15) is 0 Å². The Morgan fingerprint density at radius 3 is 2.93 bits per heavy atom. The molecule has 0 spiro atoms. The van der Waals surface area contributed by atoms with Crippen molar-refractivity contribution >= 4 is 0 Å². The van der Waals surface area contributed by atoms with E-state index in [2.05, 4.69) is 10.3 Å². The highest BCUT2D eigenvalue weighted by Gasteiger charge is 2.13. The minimum atomic E-state index is 0.120. The van der Waals surface area contributed by atoms with Crippen LogP contribution in [0, 0.1) is 0 Å². The molecule has 14 heavy (non-hydrogen) atoms. The molecule has 3 nitrogen and oxygen atoms in total. The number of hydrogen-bond acceptors (Lipinski definition) is 2. The summed E-state index contributed by atoms with van der Waals surface area (Å²) in [5.41, 5.74) is 0.952. The summed E-state index contributed by atoms with van der Waals surface area (Å²) in [6.45, 7) is 0.695. The van der Waals surface area contributed by atoms with E-state index in [0.717, 1.165) is 5.56 Å². The van der Waals surface area contributed by atoms with E-state index < -0.39 is 0 Å². The van der Waals surface area contributed by atoms with Gasteiger partial charge in [0, 0.05) is 36.6 Å². The third-order valence-electron chi connectivity index (χ3n) is 2.84. The molecule has 0 radical (unpaired) electrons. The Balaban J connectivity index is 1.91. The lowest BCUT2D eigenvalue weighted by atomic mass is 10.2. The van der Waals surface area contributed by atoms with Gasteiger partial charge in [-0.15, -0.1) is 0 Å². The highest BCUT2D eigenvalue weighted by atomic mass is 16.1. The number of nitrogens with one attached hydrogen (secondary N) is 2. The average molecular weight is 192 g/mol. The van der Waals surface area contributed by atoms with Crippen LogP contribution < -0.4 is 10.7 Å². The molecular formula is C11H16N2O. The van der Waals surface area contributed by atoms with E-state index in [-0.39, 0.29) is 5.43 Å². The molecule has 3 heteroatoms. The van der Waals surface area contributed by atoms with Crippen molar-refractivity contribution in [1.82, 2.24) is 10.3 Å². The Bertz CT molecular complexity index is 339. The van der Waals surface area contributed by atoms with Crippen LogP contribution in [0.1, 0.15) is 31.2 Å². The van der Waals surface area contributed by atoms with Gasteiger partial charge < -0.3 is 10.3 Å². The second-order valence-corrected chi connectivity index (χ2v) is 3.90. The first-order valence-corrected chi connectivity index (χ1v) is 5.25. The van der Waals surface area contributed by atoms with Gasteiger partial charge in [-0.05, 0) is 12.8 Å². The first-order valence-electron chi connectivity index (χ1n) is 5.25. The standard InChI is InChI=1S/C11H16N2O/c14-11-5-6-12-7-9(11)8-13-10-3-1-2-4-10/h5-7,10,13H,1-4,8H2,(H,12,14). The van der Waals surface area contributed by atoms with Crippen LogP contribution in [-0.2, 0) is 6.54 Å². The van der Waals surface area contributed by atoms with E-state index in [0.29, 0.717) is 12.6 Å². The van der Waals surface area contributed by atoms with Crippen LogP contribution in [0.4, 0.5) is 0 Å². The summed E-state index contributed by atoms with van der Waals surface area (Å²) in [6, 6.07) is 2.20. The van der Waals surface area contributed by atoms with E-state index in [4.69, 9.17) is 0 Å². The van der Waals surface area contributed by atoms with Crippen molar-refractivity contribution in [2.75, 3.05) is 0 Å². The molecular weight excluding hydrogens is 176 g/mol. The zero-order valence-electron chi connectivity index (χ0n) is 8.25. The van der Waals surface area contributed by atoms with Crippen molar-refractivity contribution in [2.24, 2.45) is 0 Å². The minimum absolute atomic E-state index is 0.120. The van der Waals surface area contributed by atoms with Crippen molar-refractivity contribution in [3.05, 3.63) is 34.2 Å². The third kappa shape index (κ3) is 2.23. The summed E-state index contributed by atoms with van der Waals surface area (Å²) in [7, 11) is 0. The number of pyridine rings is 1. The first-order chi connectivity index (χ1) is 6.86. The van der Waals surface area contributed by atoms with Gasteiger partial charge >= 0.3 is 0 Å². The SMILES string of the molecule is O=c1cc[nH]cc1CNC1CCCC1.